The third-order valence-corrected chi connectivity index (χ3v) is 3.32. The molecule has 0 aliphatic rings. The normalized spacial score (nSPS) is 11.8. The lowest BCUT2D eigenvalue weighted by Gasteiger charge is -2.14. The van der Waals surface area contributed by atoms with Crippen LogP contribution in [0.25, 0.3) is 0 Å². The van der Waals surface area contributed by atoms with Gasteiger partial charge in [0.15, 0.2) is 0 Å². The van der Waals surface area contributed by atoms with Gasteiger partial charge < -0.3 is 5.32 Å². The predicted molar refractivity (Wildman–Crippen MR) is 77.9 cm³/mol. The van der Waals surface area contributed by atoms with Crippen LogP contribution in [-0.2, 0) is 6.54 Å². The van der Waals surface area contributed by atoms with Gasteiger partial charge >= 0.3 is 0 Å². The molecular weight excluding hydrogens is 256 g/mol. The highest BCUT2D eigenvalue weighted by atomic mass is 35.5. The van der Waals surface area contributed by atoms with Gasteiger partial charge in [-0.1, -0.05) is 35.9 Å². The summed E-state index contributed by atoms with van der Waals surface area (Å²) in [6.45, 7) is 2.89. The molecule has 1 N–H and O–H groups in total. The molecule has 96 valence electrons. The number of benzene rings is 2. The molecule has 0 amide bonds. The Hall–Kier alpha value is -1.82. The maximum absolute atomic E-state index is 8.74. The van der Waals surface area contributed by atoms with Crippen molar-refractivity contribution < 1.29 is 0 Å². The number of hydrogen-bond donors (Lipinski definition) is 1. The van der Waals surface area contributed by atoms with Crippen LogP contribution < -0.4 is 5.32 Å². The fourth-order valence-electron chi connectivity index (χ4n) is 1.84. The van der Waals surface area contributed by atoms with Gasteiger partial charge in [-0.2, -0.15) is 5.26 Å². The van der Waals surface area contributed by atoms with Gasteiger partial charge in [0.25, 0.3) is 0 Å². The zero-order valence-electron chi connectivity index (χ0n) is 10.7. The molecule has 0 bridgehead atoms. The molecule has 0 saturated carbocycles. The highest BCUT2D eigenvalue weighted by Crippen LogP contribution is 2.16. The summed E-state index contributed by atoms with van der Waals surface area (Å²) in [5.41, 5.74) is 3.06. The fourth-order valence-corrected chi connectivity index (χ4v) is 1.96. The number of rotatable bonds is 4. The third kappa shape index (κ3) is 3.82. The Balaban J connectivity index is 1.94. The van der Waals surface area contributed by atoms with Crippen LogP contribution in [-0.4, -0.2) is 0 Å². The van der Waals surface area contributed by atoms with Gasteiger partial charge in [-0.15, -0.1) is 0 Å². The molecule has 0 aromatic heterocycles. The first-order chi connectivity index (χ1) is 9.19. The summed E-state index contributed by atoms with van der Waals surface area (Å²) < 4.78 is 0. The van der Waals surface area contributed by atoms with E-state index in [1.807, 2.05) is 48.5 Å². The zero-order valence-corrected chi connectivity index (χ0v) is 11.5. The molecule has 0 aliphatic heterocycles. The minimum Gasteiger partial charge on any atom is -0.306 e. The molecule has 0 spiro atoms. The molecule has 0 fully saturated rings. The molecule has 1 unspecified atom stereocenters. The molecule has 0 heterocycles. The van der Waals surface area contributed by atoms with Crippen molar-refractivity contribution in [1.82, 2.24) is 5.32 Å². The van der Waals surface area contributed by atoms with Crippen LogP contribution in [0.2, 0.25) is 5.02 Å². The quantitative estimate of drug-likeness (QED) is 0.909. The van der Waals surface area contributed by atoms with Crippen LogP contribution >= 0.6 is 11.6 Å². The van der Waals surface area contributed by atoms with Gasteiger partial charge in [0, 0.05) is 17.6 Å². The number of nitrogens with one attached hydrogen (secondary N) is 1. The van der Waals surface area contributed by atoms with Gasteiger partial charge in [-0.3, -0.25) is 0 Å². The average Bonchev–Trinajstić information content (AvgIpc) is 2.46. The van der Waals surface area contributed by atoms with Crippen molar-refractivity contribution in [2.75, 3.05) is 0 Å². The van der Waals surface area contributed by atoms with Gasteiger partial charge in [-0.25, -0.2) is 0 Å². The van der Waals surface area contributed by atoms with Crippen molar-refractivity contribution in [3.63, 3.8) is 0 Å². The van der Waals surface area contributed by atoms with Crippen molar-refractivity contribution in [3.05, 3.63) is 70.2 Å². The Morgan fingerprint density at radius 2 is 1.74 bits per heavy atom. The van der Waals surface area contributed by atoms with Crippen molar-refractivity contribution in [3.8, 4) is 6.07 Å². The smallest absolute Gasteiger partial charge is 0.0991 e. The van der Waals surface area contributed by atoms with E-state index in [0.717, 1.165) is 11.6 Å². The SMILES string of the molecule is CC(NCc1ccc(C#N)cc1)c1ccc(Cl)cc1. The Morgan fingerprint density at radius 3 is 2.32 bits per heavy atom. The largest absolute Gasteiger partial charge is 0.306 e. The molecule has 0 aliphatic carbocycles. The summed E-state index contributed by atoms with van der Waals surface area (Å²) in [4.78, 5) is 0. The van der Waals surface area contributed by atoms with Crippen LogP contribution in [0.1, 0.15) is 29.7 Å². The van der Waals surface area contributed by atoms with Crippen LogP contribution in [0.4, 0.5) is 0 Å². The fraction of sp³-hybridized carbons (Fsp3) is 0.188. The Morgan fingerprint density at radius 1 is 1.11 bits per heavy atom. The van der Waals surface area contributed by atoms with E-state index in [1.165, 1.54) is 11.1 Å². The highest BCUT2D eigenvalue weighted by molar-refractivity contribution is 6.30. The van der Waals surface area contributed by atoms with Crippen LogP contribution in [0.15, 0.2) is 48.5 Å². The van der Waals surface area contributed by atoms with Crippen molar-refractivity contribution in [2.45, 2.75) is 19.5 Å². The van der Waals surface area contributed by atoms with E-state index in [4.69, 9.17) is 16.9 Å². The van der Waals surface area contributed by atoms with Gasteiger partial charge in [0.1, 0.15) is 0 Å². The lowest BCUT2D eigenvalue weighted by atomic mass is 10.1. The van der Waals surface area contributed by atoms with E-state index in [1.54, 1.807) is 0 Å². The standard InChI is InChI=1S/C16H15ClN2/c1-12(15-6-8-16(17)9-7-15)19-11-14-4-2-13(10-18)3-5-14/h2-9,12,19H,11H2,1H3. The van der Waals surface area contributed by atoms with Crippen LogP contribution in [0.5, 0.6) is 0 Å². The van der Waals surface area contributed by atoms with Crippen molar-refractivity contribution >= 4 is 11.6 Å². The molecule has 2 aromatic rings. The topological polar surface area (TPSA) is 35.8 Å². The van der Waals surface area contributed by atoms with E-state index in [9.17, 15) is 0 Å². The first-order valence-corrected chi connectivity index (χ1v) is 6.55. The number of halogens is 1. The van der Waals surface area contributed by atoms with E-state index in [-0.39, 0.29) is 6.04 Å². The van der Waals surface area contributed by atoms with E-state index in [2.05, 4.69) is 18.3 Å². The minimum atomic E-state index is 0.257. The van der Waals surface area contributed by atoms with E-state index in [0.29, 0.717) is 5.56 Å². The van der Waals surface area contributed by atoms with Gasteiger partial charge in [0.2, 0.25) is 0 Å². The lowest BCUT2D eigenvalue weighted by Crippen LogP contribution is -2.17. The van der Waals surface area contributed by atoms with Gasteiger partial charge in [0.05, 0.1) is 11.6 Å². The Labute approximate surface area is 118 Å². The number of nitriles is 1. The first kappa shape index (κ1) is 13.6. The molecule has 2 nitrogen and oxygen atoms in total. The molecule has 19 heavy (non-hydrogen) atoms. The molecule has 0 saturated heterocycles. The first-order valence-electron chi connectivity index (χ1n) is 6.17. The second-order valence-corrected chi connectivity index (χ2v) is 4.90. The summed E-state index contributed by atoms with van der Waals surface area (Å²) in [7, 11) is 0. The highest BCUT2D eigenvalue weighted by Gasteiger charge is 2.04. The Kier molecular flexibility index (Phi) is 4.57. The van der Waals surface area contributed by atoms with Gasteiger partial charge in [-0.05, 0) is 42.3 Å². The maximum Gasteiger partial charge on any atom is 0.0991 e. The lowest BCUT2D eigenvalue weighted by molar-refractivity contribution is 0.575. The van der Waals surface area contributed by atoms with E-state index >= 15 is 0 Å². The summed E-state index contributed by atoms with van der Waals surface area (Å²) in [6.07, 6.45) is 0. The van der Waals surface area contributed by atoms with Crippen LogP contribution in [0.3, 0.4) is 0 Å². The predicted octanol–water partition coefficient (Wildman–Crippen LogP) is 4.06. The minimum absolute atomic E-state index is 0.257. The summed E-state index contributed by atoms with van der Waals surface area (Å²) in [6, 6.07) is 17.8. The molecule has 1 atom stereocenters. The van der Waals surface area contributed by atoms with Crippen molar-refractivity contribution in [1.29, 1.82) is 5.26 Å². The molecule has 2 aromatic carbocycles. The summed E-state index contributed by atoms with van der Waals surface area (Å²) in [5.74, 6) is 0. The maximum atomic E-state index is 8.74. The molecule has 2 rings (SSSR count). The van der Waals surface area contributed by atoms with Crippen molar-refractivity contribution in [2.24, 2.45) is 0 Å². The number of nitrogens with zero attached hydrogens (tertiary/aromatic N) is 1. The molecule has 3 heteroatoms. The monoisotopic (exact) mass is 270 g/mol. The third-order valence-electron chi connectivity index (χ3n) is 3.07. The summed E-state index contributed by atoms with van der Waals surface area (Å²) >= 11 is 5.87. The zero-order chi connectivity index (χ0) is 13.7. The molecular formula is C16H15ClN2. The average molecular weight is 271 g/mol. The second kappa shape index (κ2) is 6.38. The Bertz CT molecular complexity index is 567. The summed E-state index contributed by atoms with van der Waals surface area (Å²) in [5, 5.41) is 12.9. The van der Waals surface area contributed by atoms with E-state index < -0.39 is 0 Å². The number of hydrogen-bond acceptors (Lipinski definition) is 2. The second-order valence-electron chi connectivity index (χ2n) is 4.46. The van der Waals surface area contributed by atoms with Crippen LogP contribution in [0, 0.1) is 11.3 Å². The molecule has 0 radical (unpaired) electrons.